The molecule has 0 saturated carbocycles. The Hall–Kier alpha value is -1.92. The topological polar surface area (TPSA) is 66.4 Å². The van der Waals surface area contributed by atoms with Gasteiger partial charge in [-0.05, 0) is 42.3 Å². The highest BCUT2D eigenvalue weighted by molar-refractivity contribution is 7.89. The summed E-state index contributed by atoms with van der Waals surface area (Å²) < 4.78 is 40.0. The largest absolute Gasteiger partial charge is 0.508 e. The zero-order valence-corrected chi connectivity index (χ0v) is 11.6. The average Bonchev–Trinajstić information content (AvgIpc) is 2.41. The Balaban J connectivity index is 2.19. The van der Waals surface area contributed by atoms with Gasteiger partial charge in [-0.15, -0.1) is 0 Å². The van der Waals surface area contributed by atoms with Crippen LogP contribution in [0.25, 0.3) is 0 Å². The Morgan fingerprint density at radius 2 is 1.80 bits per heavy atom. The molecular weight excluding hydrogens is 281 g/mol. The molecule has 0 heterocycles. The molecule has 6 heteroatoms. The minimum atomic E-state index is -3.91. The van der Waals surface area contributed by atoms with E-state index in [0.29, 0.717) is 11.1 Å². The van der Waals surface area contributed by atoms with Crippen molar-refractivity contribution in [1.82, 2.24) is 4.72 Å². The van der Waals surface area contributed by atoms with Crippen LogP contribution in [0, 0.1) is 12.7 Å². The molecule has 2 rings (SSSR count). The lowest BCUT2D eigenvalue weighted by Gasteiger charge is -2.08. The minimum Gasteiger partial charge on any atom is -0.508 e. The van der Waals surface area contributed by atoms with Gasteiger partial charge in [-0.25, -0.2) is 17.5 Å². The van der Waals surface area contributed by atoms with Gasteiger partial charge in [-0.1, -0.05) is 18.2 Å². The molecule has 4 nitrogen and oxygen atoms in total. The lowest BCUT2D eigenvalue weighted by atomic mass is 10.2. The molecule has 2 aromatic carbocycles. The first-order valence-electron chi connectivity index (χ1n) is 5.92. The molecular formula is C14H14FNO3S. The highest BCUT2D eigenvalue weighted by Crippen LogP contribution is 2.16. The number of hydrogen-bond donors (Lipinski definition) is 2. The number of nitrogens with one attached hydrogen (secondary N) is 1. The Bertz CT molecular complexity index is 712. The van der Waals surface area contributed by atoms with E-state index < -0.39 is 15.8 Å². The summed E-state index contributed by atoms with van der Waals surface area (Å²) in [5.74, 6) is -0.685. The molecule has 2 aromatic rings. The maximum atomic E-state index is 13.6. The van der Waals surface area contributed by atoms with Gasteiger partial charge in [0, 0.05) is 6.54 Å². The van der Waals surface area contributed by atoms with Crippen LogP contribution in [0.5, 0.6) is 5.75 Å². The van der Waals surface area contributed by atoms with Crippen LogP contribution >= 0.6 is 0 Å². The summed E-state index contributed by atoms with van der Waals surface area (Å²) in [7, 11) is -3.91. The molecule has 0 unspecified atom stereocenters. The normalized spacial score (nSPS) is 11.5. The first-order valence-corrected chi connectivity index (χ1v) is 7.40. The van der Waals surface area contributed by atoms with Gasteiger partial charge in [0.15, 0.2) is 0 Å². The molecule has 0 aliphatic rings. The Morgan fingerprint density at radius 1 is 1.15 bits per heavy atom. The first-order chi connectivity index (χ1) is 9.38. The van der Waals surface area contributed by atoms with Crippen LogP contribution in [0.4, 0.5) is 4.39 Å². The van der Waals surface area contributed by atoms with Crippen molar-refractivity contribution in [3.05, 3.63) is 59.4 Å². The van der Waals surface area contributed by atoms with E-state index in [2.05, 4.69) is 4.72 Å². The van der Waals surface area contributed by atoms with Crippen molar-refractivity contribution in [2.45, 2.75) is 18.4 Å². The third-order valence-corrected chi connectivity index (χ3v) is 4.20. The van der Waals surface area contributed by atoms with E-state index in [1.807, 2.05) is 0 Å². The van der Waals surface area contributed by atoms with Gasteiger partial charge in [0.05, 0.1) is 0 Å². The van der Waals surface area contributed by atoms with Gasteiger partial charge < -0.3 is 5.11 Å². The van der Waals surface area contributed by atoms with E-state index in [-0.39, 0.29) is 17.2 Å². The van der Waals surface area contributed by atoms with Crippen LogP contribution in [-0.4, -0.2) is 13.5 Å². The molecule has 0 atom stereocenters. The zero-order chi connectivity index (χ0) is 14.8. The summed E-state index contributed by atoms with van der Waals surface area (Å²) in [6, 6.07) is 10.0. The second kappa shape index (κ2) is 5.60. The monoisotopic (exact) mass is 295 g/mol. The van der Waals surface area contributed by atoms with Crippen LogP contribution in [0.3, 0.4) is 0 Å². The number of aromatic hydroxyl groups is 1. The SMILES string of the molecule is Cc1ccc(F)c(S(=O)(=O)NCc2ccc(O)cc2)c1. The molecule has 0 aliphatic carbocycles. The second-order valence-electron chi connectivity index (χ2n) is 4.42. The smallest absolute Gasteiger partial charge is 0.243 e. The fourth-order valence-corrected chi connectivity index (χ4v) is 2.86. The van der Waals surface area contributed by atoms with E-state index in [0.717, 1.165) is 6.07 Å². The highest BCUT2D eigenvalue weighted by atomic mass is 32.2. The van der Waals surface area contributed by atoms with E-state index in [1.165, 1.54) is 24.3 Å². The number of phenolic OH excluding ortho intramolecular Hbond substituents is 1. The molecule has 0 aromatic heterocycles. The predicted octanol–water partition coefficient (Wildman–Crippen LogP) is 2.32. The number of sulfonamides is 1. The Kier molecular flexibility index (Phi) is 4.06. The minimum absolute atomic E-state index is 0.0238. The van der Waals surface area contributed by atoms with E-state index in [4.69, 9.17) is 5.11 Å². The third kappa shape index (κ3) is 3.34. The molecule has 0 aliphatic heterocycles. The van der Waals surface area contributed by atoms with Gasteiger partial charge in [0.25, 0.3) is 0 Å². The molecule has 0 fully saturated rings. The van der Waals surface area contributed by atoms with Crippen LogP contribution in [0.1, 0.15) is 11.1 Å². The maximum Gasteiger partial charge on any atom is 0.243 e. The molecule has 0 spiro atoms. The molecule has 2 N–H and O–H groups in total. The fourth-order valence-electron chi connectivity index (χ4n) is 1.69. The van der Waals surface area contributed by atoms with Gasteiger partial charge in [0.2, 0.25) is 10.0 Å². The molecule has 106 valence electrons. The Labute approximate surface area is 116 Å². The molecule has 0 bridgehead atoms. The summed E-state index contributed by atoms with van der Waals surface area (Å²) in [5.41, 5.74) is 1.33. The fraction of sp³-hybridized carbons (Fsp3) is 0.143. The number of hydrogen-bond acceptors (Lipinski definition) is 3. The highest BCUT2D eigenvalue weighted by Gasteiger charge is 2.18. The number of benzene rings is 2. The average molecular weight is 295 g/mol. The molecule has 0 saturated heterocycles. The number of aryl methyl sites for hydroxylation is 1. The Morgan fingerprint density at radius 3 is 2.45 bits per heavy atom. The summed E-state index contributed by atoms with van der Waals surface area (Å²) in [6.07, 6.45) is 0. The number of rotatable bonds is 4. The van der Waals surface area contributed by atoms with Crippen LogP contribution in [0.2, 0.25) is 0 Å². The summed E-state index contributed by atoms with van der Waals surface area (Å²) >= 11 is 0. The third-order valence-electron chi connectivity index (χ3n) is 2.78. The van der Waals surface area contributed by atoms with Crippen LogP contribution in [0.15, 0.2) is 47.4 Å². The van der Waals surface area contributed by atoms with Gasteiger partial charge in [-0.2, -0.15) is 0 Å². The zero-order valence-electron chi connectivity index (χ0n) is 10.8. The predicted molar refractivity (Wildman–Crippen MR) is 73.3 cm³/mol. The first kappa shape index (κ1) is 14.5. The van der Waals surface area contributed by atoms with Crippen molar-refractivity contribution < 1.29 is 17.9 Å². The van der Waals surface area contributed by atoms with Crippen molar-refractivity contribution in [1.29, 1.82) is 0 Å². The summed E-state index contributed by atoms with van der Waals surface area (Å²) in [5, 5.41) is 9.14. The number of phenols is 1. The van der Waals surface area contributed by atoms with E-state index >= 15 is 0 Å². The van der Waals surface area contributed by atoms with Gasteiger partial charge >= 0.3 is 0 Å². The molecule has 0 radical (unpaired) electrons. The maximum absolute atomic E-state index is 13.6. The van der Waals surface area contributed by atoms with Gasteiger partial charge in [-0.3, -0.25) is 0 Å². The van der Waals surface area contributed by atoms with Gasteiger partial charge in [0.1, 0.15) is 16.5 Å². The lowest BCUT2D eigenvalue weighted by molar-refractivity contribution is 0.475. The van der Waals surface area contributed by atoms with Crippen molar-refractivity contribution in [3.63, 3.8) is 0 Å². The van der Waals surface area contributed by atoms with Crippen LogP contribution in [-0.2, 0) is 16.6 Å². The number of halogens is 1. The van der Waals surface area contributed by atoms with Crippen molar-refractivity contribution in [2.75, 3.05) is 0 Å². The summed E-state index contributed by atoms with van der Waals surface area (Å²) in [6.45, 7) is 1.72. The second-order valence-corrected chi connectivity index (χ2v) is 6.16. The van der Waals surface area contributed by atoms with Crippen LogP contribution < -0.4 is 4.72 Å². The molecule has 0 amide bonds. The quantitative estimate of drug-likeness (QED) is 0.909. The van der Waals surface area contributed by atoms with Crippen molar-refractivity contribution in [3.8, 4) is 5.75 Å². The lowest BCUT2D eigenvalue weighted by Crippen LogP contribution is -2.24. The van der Waals surface area contributed by atoms with E-state index in [1.54, 1.807) is 19.1 Å². The molecule has 20 heavy (non-hydrogen) atoms. The van der Waals surface area contributed by atoms with E-state index in [9.17, 15) is 12.8 Å². The van der Waals surface area contributed by atoms with Crippen molar-refractivity contribution >= 4 is 10.0 Å². The summed E-state index contributed by atoms with van der Waals surface area (Å²) in [4.78, 5) is -0.365. The standard InChI is InChI=1S/C14H14FNO3S/c1-10-2-7-13(15)14(8-10)20(18,19)16-9-11-3-5-12(17)6-4-11/h2-8,16-17H,9H2,1H3. The van der Waals surface area contributed by atoms with Crippen molar-refractivity contribution in [2.24, 2.45) is 0 Å².